The third-order valence-corrected chi connectivity index (χ3v) is 3.46. The van der Waals surface area contributed by atoms with Crippen LogP contribution in [-0.4, -0.2) is 11.0 Å². The first-order valence-electron chi connectivity index (χ1n) is 6.49. The van der Waals surface area contributed by atoms with Gasteiger partial charge in [-0.3, -0.25) is 0 Å². The summed E-state index contributed by atoms with van der Waals surface area (Å²) in [6.45, 7) is 2.10. The average Bonchev–Trinajstić information content (AvgIpc) is 2.70. The number of benzene rings is 1. The molecule has 1 aliphatic carbocycles. The molecule has 1 heterocycles. The zero-order valence-electron chi connectivity index (χ0n) is 10.6. The van der Waals surface area contributed by atoms with Crippen molar-refractivity contribution in [1.82, 2.24) is 4.98 Å². The Bertz CT molecular complexity index is 559. The van der Waals surface area contributed by atoms with Gasteiger partial charge in [-0.2, -0.15) is 0 Å². The molecule has 0 saturated heterocycles. The van der Waals surface area contributed by atoms with E-state index in [1.807, 2.05) is 0 Å². The molecule has 94 valence electrons. The first kappa shape index (κ1) is 11.5. The van der Waals surface area contributed by atoms with Crippen LogP contribution < -0.4 is 5.73 Å². The van der Waals surface area contributed by atoms with E-state index in [9.17, 15) is 0 Å². The van der Waals surface area contributed by atoms with Crippen LogP contribution in [-0.2, 0) is 19.3 Å². The summed E-state index contributed by atoms with van der Waals surface area (Å²) in [7, 11) is 0. The highest BCUT2D eigenvalue weighted by Gasteiger charge is 2.21. The Morgan fingerprint density at radius 2 is 2.33 bits per heavy atom. The van der Waals surface area contributed by atoms with Crippen LogP contribution in [0.1, 0.15) is 34.9 Å². The second kappa shape index (κ2) is 4.58. The summed E-state index contributed by atoms with van der Waals surface area (Å²) < 4.78 is 5.83. The first-order valence-corrected chi connectivity index (χ1v) is 6.49. The number of oxazole rings is 1. The van der Waals surface area contributed by atoms with Crippen molar-refractivity contribution in [2.24, 2.45) is 5.73 Å². The predicted octanol–water partition coefficient (Wildman–Crippen LogP) is 2.39. The normalized spacial score (nSPS) is 18.7. The quantitative estimate of drug-likeness (QED) is 0.879. The number of hydrogen-bond donors (Lipinski definition) is 1. The van der Waals surface area contributed by atoms with Gasteiger partial charge in [-0.15, -0.1) is 0 Å². The molecule has 0 aliphatic heterocycles. The lowest BCUT2D eigenvalue weighted by Gasteiger charge is -2.14. The summed E-state index contributed by atoms with van der Waals surface area (Å²) >= 11 is 0. The maximum absolute atomic E-state index is 5.94. The van der Waals surface area contributed by atoms with E-state index in [0.717, 1.165) is 43.0 Å². The van der Waals surface area contributed by atoms with Crippen molar-refractivity contribution >= 4 is 0 Å². The molecule has 1 unspecified atom stereocenters. The maximum atomic E-state index is 5.94. The Balaban J connectivity index is 1.82. The van der Waals surface area contributed by atoms with Crippen LogP contribution in [0.15, 0.2) is 28.7 Å². The van der Waals surface area contributed by atoms with Gasteiger partial charge in [0.2, 0.25) is 0 Å². The molecule has 0 amide bonds. The molecule has 3 rings (SSSR count). The molecule has 1 atom stereocenters. The number of nitrogens with two attached hydrogens (primary N) is 1. The van der Waals surface area contributed by atoms with Crippen LogP contribution >= 0.6 is 0 Å². The lowest BCUT2D eigenvalue weighted by molar-refractivity contribution is 0.427. The SMILES string of the molecule is Cc1cccc(Cc2nc3c(o2)CC(N)CC3)c1. The molecule has 0 bridgehead atoms. The van der Waals surface area contributed by atoms with Gasteiger partial charge in [-0.25, -0.2) is 4.98 Å². The molecular weight excluding hydrogens is 224 g/mol. The molecule has 0 radical (unpaired) electrons. The molecule has 3 nitrogen and oxygen atoms in total. The van der Waals surface area contributed by atoms with E-state index in [4.69, 9.17) is 10.2 Å². The van der Waals surface area contributed by atoms with Gasteiger partial charge in [0, 0.05) is 18.9 Å². The second-order valence-electron chi connectivity index (χ2n) is 5.15. The summed E-state index contributed by atoms with van der Waals surface area (Å²) in [4.78, 5) is 4.59. The zero-order chi connectivity index (χ0) is 12.5. The summed E-state index contributed by atoms with van der Waals surface area (Å²) in [6, 6.07) is 8.70. The van der Waals surface area contributed by atoms with Gasteiger partial charge in [0.05, 0.1) is 5.69 Å². The number of aryl methyl sites for hydroxylation is 2. The Labute approximate surface area is 107 Å². The van der Waals surface area contributed by atoms with Crippen molar-refractivity contribution in [3.05, 3.63) is 52.7 Å². The highest BCUT2D eigenvalue weighted by Crippen LogP contribution is 2.22. The van der Waals surface area contributed by atoms with E-state index < -0.39 is 0 Å². The lowest BCUT2D eigenvalue weighted by atomic mass is 9.98. The average molecular weight is 242 g/mol. The topological polar surface area (TPSA) is 52.0 Å². The first-order chi connectivity index (χ1) is 8.70. The van der Waals surface area contributed by atoms with Gasteiger partial charge in [0.1, 0.15) is 5.76 Å². The Kier molecular flexibility index (Phi) is 2.92. The Morgan fingerprint density at radius 1 is 1.44 bits per heavy atom. The van der Waals surface area contributed by atoms with Crippen molar-refractivity contribution < 1.29 is 4.42 Å². The Hall–Kier alpha value is -1.61. The lowest BCUT2D eigenvalue weighted by Crippen LogP contribution is -2.27. The zero-order valence-corrected chi connectivity index (χ0v) is 10.6. The molecule has 1 aromatic heterocycles. The number of hydrogen-bond acceptors (Lipinski definition) is 3. The molecule has 1 aliphatic rings. The van der Waals surface area contributed by atoms with Crippen molar-refractivity contribution in [3.8, 4) is 0 Å². The van der Waals surface area contributed by atoms with Crippen LogP contribution in [0.3, 0.4) is 0 Å². The van der Waals surface area contributed by atoms with Gasteiger partial charge in [0.15, 0.2) is 5.89 Å². The van der Waals surface area contributed by atoms with E-state index in [2.05, 4.69) is 36.2 Å². The molecule has 1 aromatic carbocycles. The minimum Gasteiger partial charge on any atom is -0.445 e. The molecule has 0 saturated carbocycles. The number of rotatable bonds is 2. The summed E-state index contributed by atoms with van der Waals surface area (Å²) in [6.07, 6.45) is 3.57. The highest BCUT2D eigenvalue weighted by molar-refractivity contribution is 5.25. The molecule has 0 spiro atoms. The fraction of sp³-hybridized carbons (Fsp3) is 0.400. The standard InChI is InChI=1S/C15H18N2O/c1-10-3-2-4-11(7-10)8-15-17-13-6-5-12(16)9-14(13)18-15/h2-4,7,12H,5-6,8-9,16H2,1H3. The second-order valence-corrected chi connectivity index (χ2v) is 5.15. The Morgan fingerprint density at radius 3 is 3.17 bits per heavy atom. The van der Waals surface area contributed by atoms with Crippen LogP contribution in [0, 0.1) is 6.92 Å². The van der Waals surface area contributed by atoms with E-state index in [1.54, 1.807) is 0 Å². The van der Waals surface area contributed by atoms with Crippen LogP contribution in [0.5, 0.6) is 0 Å². The van der Waals surface area contributed by atoms with E-state index in [-0.39, 0.29) is 6.04 Å². The molecule has 0 fully saturated rings. The van der Waals surface area contributed by atoms with Gasteiger partial charge >= 0.3 is 0 Å². The smallest absolute Gasteiger partial charge is 0.199 e. The van der Waals surface area contributed by atoms with Gasteiger partial charge in [0.25, 0.3) is 0 Å². The fourth-order valence-electron chi connectivity index (χ4n) is 2.53. The molecular formula is C15H18N2O. The fourth-order valence-corrected chi connectivity index (χ4v) is 2.53. The number of fused-ring (bicyclic) bond motifs is 1. The predicted molar refractivity (Wildman–Crippen MR) is 70.5 cm³/mol. The molecule has 2 aromatic rings. The van der Waals surface area contributed by atoms with Gasteiger partial charge in [-0.05, 0) is 25.3 Å². The van der Waals surface area contributed by atoms with Gasteiger partial charge < -0.3 is 10.2 Å². The summed E-state index contributed by atoms with van der Waals surface area (Å²) in [5, 5.41) is 0. The highest BCUT2D eigenvalue weighted by atomic mass is 16.4. The molecule has 2 N–H and O–H groups in total. The maximum Gasteiger partial charge on any atom is 0.199 e. The largest absolute Gasteiger partial charge is 0.445 e. The number of nitrogens with zero attached hydrogens (tertiary/aromatic N) is 1. The molecule has 3 heteroatoms. The van der Waals surface area contributed by atoms with Crippen LogP contribution in [0.2, 0.25) is 0 Å². The minimum absolute atomic E-state index is 0.234. The van der Waals surface area contributed by atoms with Crippen LogP contribution in [0.25, 0.3) is 0 Å². The van der Waals surface area contributed by atoms with E-state index in [0.29, 0.717) is 0 Å². The number of aromatic nitrogens is 1. The van der Waals surface area contributed by atoms with E-state index >= 15 is 0 Å². The molecule has 18 heavy (non-hydrogen) atoms. The third kappa shape index (κ3) is 2.31. The third-order valence-electron chi connectivity index (χ3n) is 3.46. The van der Waals surface area contributed by atoms with Gasteiger partial charge in [-0.1, -0.05) is 29.8 Å². The minimum atomic E-state index is 0.234. The van der Waals surface area contributed by atoms with Crippen molar-refractivity contribution in [2.75, 3.05) is 0 Å². The van der Waals surface area contributed by atoms with Crippen LogP contribution in [0.4, 0.5) is 0 Å². The van der Waals surface area contributed by atoms with Crippen molar-refractivity contribution in [1.29, 1.82) is 0 Å². The van der Waals surface area contributed by atoms with E-state index in [1.165, 1.54) is 11.1 Å². The summed E-state index contributed by atoms with van der Waals surface area (Å²) in [5.74, 6) is 1.82. The van der Waals surface area contributed by atoms with Crippen molar-refractivity contribution in [3.63, 3.8) is 0 Å². The monoisotopic (exact) mass is 242 g/mol. The van der Waals surface area contributed by atoms with Crippen molar-refractivity contribution in [2.45, 2.75) is 38.6 Å². The summed E-state index contributed by atoms with van der Waals surface area (Å²) in [5.41, 5.74) is 9.57.